The number of aliphatic hydroxyl groups is 1. The minimum Gasteiger partial charge on any atom is -0.389 e. The van der Waals surface area contributed by atoms with E-state index in [0.717, 1.165) is 12.1 Å². The maximum Gasteiger partial charge on any atom is 0.418 e. The molecule has 5 nitrogen and oxygen atoms in total. The van der Waals surface area contributed by atoms with Gasteiger partial charge in [0.15, 0.2) is 5.60 Å². The predicted molar refractivity (Wildman–Crippen MR) is 112 cm³/mol. The van der Waals surface area contributed by atoms with E-state index in [0.29, 0.717) is 12.5 Å². The lowest BCUT2D eigenvalue weighted by molar-refractivity contribution is -0.271. The Labute approximate surface area is 190 Å². The molecule has 3 N–H and O–H groups in total. The Hall–Kier alpha value is -1.49. The average Bonchev–Trinajstić information content (AvgIpc) is 3.04. The Balaban J connectivity index is 0.00000512. The second kappa shape index (κ2) is 11.6. The molecular weight excluding hydrogens is 459 g/mol. The maximum atomic E-state index is 13.8. The molecule has 0 spiro atoms. The van der Waals surface area contributed by atoms with Gasteiger partial charge in [-0.25, -0.2) is 8.78 Å². The molecule has 184 valence electrons. The van der Waals surface area contributed by atoms with Gasteiger partial charge in [-0.3, -0.25) is 4.79 Å². The van der Waals surface area contributed by atoms with Crippen LogP contribution < -0.4 is 10.6 Å². The molecule has 2 rings (SSSR count). The standard InChI is InChI=1S/C21H29F5N2O3.ClH/c1-12(2)4-5-31-20(21(24,25)26)10-18(27-11-20)19(30)17(28-13(3)29)8-14-6-15(22)9-16(23)7-14;/h6-7,9,12,17-19,27,30H,4-5,8,10-11H2,1-3H3,(H,28,29);1H/t17-,18+,19-,20+;/m0./s1. The highest BCUT2D eigenvalue weighted by atomic mass is 35.5. The molecule has 1 amide bonds. The zero-order valence-corrected chi connectivity index (χ0v) is 19.0. The third-order valence-corrected chi connectivity index (χ3v) is 5.38. The predicted octanol–water partition coefficient (Wildman–Crippen LogP) is 3.52. The maximum absolute atomic E-state index is 13.8. The van der Waals surface area contributed by atoms with Crippen LogP contribution in [-0.2, 0) is 16.0 Å². The first kappa shape index (κ1) is 28.5. The van der Waals surface area contributed by atoms with E-state index in [9.17, 15) is 31.9 Å². The van der Waals surface area contributed by atoms with Gasteiger partial charge >= 0.3 is 6.18 Å². The molecule has 32 heavy (non-hydrogen) atoms. The van der Waals surface area contributed by atoms with Crippen molar-refractivity contribution in [1.29, 1.82) is 0 Å². The van der Waals surface area contributed by atoms with Crippen molar-refractivity contribution in [2.45, 2.75) is 70.0 Å². The van der Waals surface area contributed by atoms with Crippen LogP contribution in [0.3, 0.4) is 0 Å². The fourth-order valence-corrected chi connectivity index (χ4v) is 3.72. The van der Waals surface area contributed by atoms with Gasteiger partial charge in [0.1, 0.15) is 11.6 Å². The zero-order chi connectivity index (χ0) is 23.4. The molecule has 0 bridgehead atoms. The van der Waals surface area contributed by atoms with Gasteiger partial charge < -0.3 is 20.5 Å². The van der Waals surface area contributed by atoms with Crippen LogP contribution in [0, 0.1) is 17.6 Å². The van der Waals surface area contributed by atoms with Gasteiger partial charge in [-0.2, -0.15) is 13.2 Å². The first-order valence-electron chi connectivity index (χ1n) is 10.2. The molecule has 1 aliphatic heterocycles. The molecule has 1 aromatic carbocycles. The van der Waals surface area contributed by atoms with Crippen molar-refractivity contribution in [2.24, 2.45) is 5.92 Å². The largest absolute Gasteiger partial charge is 0.418 e. The minimum atomic E-state index is -4.67. The molecule has 11 heteroatoms. The fourth-order valence-electron chi connectivity index (χ4n) is 3.72. The highest BCUT2D eigenvalue weighted by Crippen LogP contribution is 2.41. The van der Waals surface area contributed by atoms with E-state index < -0.39 is 60.5 Å². The topological polar surface area (TPSA) is 70.6 Å². The van der Waals surface area contributed by atoms with E-state index in [1.165, 1.54) is 6.92 Å². The van der Waals surface area contributed by atoms with Gasteiger partial charge in [0.25, 0.3) is 0 Å². The number of carbonyl (C=O) groups is 1. The third kappa shape index (κ3) is 7.54. The smallest absolute Gasteiger partial charge is 0.389 e. The molecule has 0 aliphatic carbocycles. The highest BCUT2D eigenvalue weighted by Gasteiger charge is 2.60. The number of benzene rings is 1. The molecule has 1 aliphatic rings. The van der Waals surface area contributed by atoms with Crippen LogP contribution in [0.2, 0.25) is 0 Å². The monoisotopic (exact) mass is 488 g/mol. The quantitative estimate of drug-likeness (QED) is 0.465. The number of aliphatic hydroxyl groups excluding tert-OH is 1. The summed E-state index contributed by atoms with van der Waals surface area (Å²) in [7, 11) is 0. The number of hydrogen-bond acceptors (Lipinski definition) is 4. The van der Waals surface area contributed by atoms with Crippen LogP contribution in [-0.4, -0.2) is 54.1 Å². The Kier molecular flexibility index (Phi) is 10.3. The van der Waals surface area contributed by atoms with Gasteiger partial charge in [-0.1, -0.05) is 13.8 Å². The Bertz CT molecular complexity index is 745. The lowest BCUT2D eigenvalue weighted by Gasteiger charge is -2.33. The van der Waals surface area contributed by atoms with E-state index in [-0.39, 0.29) is 36.9 Å². The molecule has 0 radical (unpaired) electrons. The van der Waals surface area contributed by atoms with Crippen LogP contribution in [0.25, 0.3) is 0 Å². The minimum absolute atomic E-state index is 0. The third-order valence-electron chi connectivity index (χ3n) is 5.38. The molecule has 0 aromatic heterocycles. The molecular formula is C21H30ClF5N2O3. The summed E-state index contributed by atoms with van der Waals surface area (Å²) >= 11 is 0. The highest BCUT2D eigenvalue weighted by molar-refractivity contribution is 5.85. The summed E-state index contributed by atoms with van der Waals surface area (Å²) in [6.07, 6.45) is -6.39. The summed E-state index contributed by atoms with van der Waals surface area (Å²) in [5.74, 6) is -2.04. The number of nitrogens with one attached hydrogen (secondary N) is 2. The Morgan fingerprint density at radius 1 is 1.28 bits per heavy atom. The first-order valence-corrected chi connectivity index (χ1v) is 10.2. The SMILES string of the molecule is CC(=O)N[C@@H](Cc1cc(F)cc(F)c1)[C@H](O)[C@H]1C[C@](OCCC(C)C)(C(F)(F)F)CN1.Cl. The number of amides is 1. The molecule has 1 aromatic rings. The summed E-state index contributed by atoms with van der Waals surface area (Å²) < 4.78 is 73.8. The lowest BCUT2D eigenvalue weighted by atomic mass is 9.91. The van der Waals surface area contributed by atoms with Crippen LogP contribution >= 0.6 is 12.4 Å². The Morgan fingerprint density at radius 3 is 2.38 bits per heavy atom. The molecule has 1 fully saturated rings. The average molecular weight is 489 g/mol. The van der Waals surface area contributed by atoms with E-state index in [1.807, 2.05) is 13.8 Å². The van der Waals surface area contributed by atoms with E-state index >= 15 is 0 Å². The van der Waals surface area contributed by atoms with Crippen LogP contribution in [0.5, 0.6) is 0 Å². The van der Waals surface area contributed by atoms with E-state index in [1.54, 1.807) is 0 Å². The van der Waals surface area contributed by atoms with Gasteiger partial charge in [0.05, 0.1) is 12.1 Å². The second-order valence-corrected chi connectivity index (χ2v) is 8.49. The normalized spacial score (nSPS) is 23.0. The Morgan fingerprint density at radius 2 is 1.88 bits per heavy atom. The first-order chi connectivity index (χ1) is 14.3. The summed E-state index contributed by atoms with van der Waals surface area (Å²) in [6.45, 7) is 4.30. The van der Waals surface area contributed by atoms with Crippen LogP contribution in [0.4, 0.5) is 22.0 Å². The summed E-state index contributed by atoms with van der Waals surface area (Å²) in [5, 5.41) is 15.9. The number of ether oxygens (including phenoxy) is 1. The number of alkyl halides is 3. The summed E-state index contributed by atoms with van der Waals surface area (Å²) in [5.41, 5.74) is -2.30. The van der Waals surface area contributed by atoms with Crippen molar-refractivity contribution >= 4 is 18.3 Å². The number of rotatable bonds is 9. The van der Waals surface area contributed by atoms with Crippen molar-refractivity contribution in [2.75, 3.05) is 13.2 Å². The molecule has 0 saturated carbocycles. The van der Waals surface area contributed by atoms with Crippen molar-refractivity contribution in [3.05, 3.63) is 35.4 Å². The van der Waals surface area contributed by atoms with Gasteiger partial charge in [0, 0.05) is 38.6 Å². The van der Waals surface area contributed by atoms with E-state index in [4.69, 9.17) is 4.74 Å². The summed E-state index contributed by atoms with van der Waals surface area (Å²) in [6, 6.07) is 0.661. The molecule has 1 heterocycles. The molecule has 4 atom stereocenters. The number of hydrogen-bond donors (Lipinski definition) is 3. The van der Waals surface area contributed by atoms with E-state index in [2.05, 4.69) is 10.6 Å². The van der Waals surface area contributed by atoms with Crippen LogP contribution in [0.15, 0.2) is 18.2 Å². The van der Waals surface area contributed by atoms with Crippen molar-refractivity contribution in [3.63, 3.8) is 0 Å². The number of halogens is 6. The molecule has 1 saturated heterocycles. The summed E-state index contributed by atoms with van der Waals surface area (Å²) in [4.78, 5) is 11.6. The van der Waals surface area contributed by atoms with Crippen molar-refractivity contribution in [1.82, 2.24) is 10.6 Å². The second-order valence-electron chi connectivity index (χ2n) is 8.49. The van der Waals surface area contributed by atoms with Gasteiger partial charge in [-0.15, -0.1) is 12.4 Å². The lowest BCUT2D eigenvalue weighted by Crippen LogP contribution is -2.52. The zero-order valence-electron chi connectivity index (χ0n) is 18.1. The fraction of sp³-hybridized carbons (Fsp3) is 0.667. The number of carbonyl (C=O) groups excluding carboxylic acids is 1. The van der Waals surface area contributed by atoms with Crippen molar-refractivity contribution < 1.29 is 36.6 Å². The van der Waals surface area contributed by atoms with Crippen molar-refractivity contribution in [3.8, 4) is 0 Å². The van der Waals surface area contributed by atoms with Gasteiger partial charge in [0.2, 0.25) is 5.91 Å². The molecule has 0 unspecified atom stereocenters. The van der Waals surface area contributed by atoms with Crippen LogP contribution in [0.1, 0.15) is 39.2 Å². The van der Waals surface area contributed by atoms with Gasteiger partial charge in [-0.05, 0) is 36.5 Å².